The van der Waals surface area contributed by atoms with Crippen LogP contribution in [0.5, 0.6) is 0 Å². The molecule has 0 radical (unpaired) electrons. The van der Waals surface area contributed by atoms with Crippen molar-refractivity contribution in [2.45, 2.75) is 18.4 Å². The molecular formula is C5H8O2. The standard InChI is InChI=1S/C5H8O2/c1-7-5(4-6)2-3-5/h4H,2-3H2,1H3. The predicted molar refractivity (Wildman–Crippen MR) is 25.0 cm³/mol. The molecular weight excluding hydrogens is 92.1 g/mol. The minimum absolute atomic E-state index is 0.347. The van der Waals surface area contributed by atoms with E-state index in [-0.39, 0.29) is 5.60 Å². The Kier molecular flexibility index (Phi) is 0.889. The lowest BCUT2D eigenvalue weighted by atomic mass is 10.4. The van der Waals surface area contributed by atoms with E-state index < -0.39 is 0 Å². The van der Waals surface area contributed by atoms with E-state index in [9.17, 15) is 4.79 Å². The maximum atomic E-state index is 10.00. The van der Waals surface area contributed by atoms with Crippen molar-refractivity contribution in [3.05, 3.63) is 0 Å². The van der Waals surface area contributed by atoms with Crippen LogP contribution in [0.25, 0.3) is 0 Å². The van der Waals surface area contributed by atoms with Crippen LogP contribution in [0.15, 0.2) is 0 Å². The summed E-state index contributed by atoms with van der Waals surface area (Å²) in [5.74, 6) is 0. The van der Waals surface area contributed by atoms with Gasteiger partial charge in [-0.15, -0.1) is 0 Å². The number of hydrogen-bond acceptors (Lipinski definition) is 2. The summed E-state index contributed by atoms with van der Waals surface area (Å²) in [5, 5.41) is 0. The van der Waals surface area contributed by atoms with Gasteiger partial charge in [-0.25, -0.2) is 0 Å². The Bertz CT molecular complexity index is 84.1. The molecule has 0 unspecified atom stereocenters. The van der Waals surface area contributed by atoms with Crippen LogP contribution in [0.3, 0.4) is 0 Å². The summed E-state index contributed by atoms with van der Waals surface area (Å²) in [7, 11) is 1.57. The molecule has 0 aliphatic heterocycles. The van der Waals surface area contributed by atoms with Crippen molar-refractivity contribution < 1.29 is 9.53 Å². The molecule has 2 heteroatoms. The van der Waals surface area contributed by atoms with Gasteiger partial charge in [0.1, 0.15) is 5.60 Å². The zero-order valence-corrected chi connectivity index (χ0v) is 4.31. The quantitative estimate of drug-likeness (QED) is 0.468. The van der Waals surface area contributed by atoms with E-state index in [0.717, 1.165) is 19.1 Å². The molecule has 0 N–H and O–H groups in total. The molecule has 0 bridgehead atoms. The van der Waals surface area contributed by atoms with Gasteiger partial charge in [0.15, 0.2) is 6.29 Å². The maximum absolute atomic E-state index is 10.00. The highest BCUT2D eigenvalue weighted by Crippen LogP contribution is 2.35. The largest absolute Gasteiger partial charge is 0.371 e. The van der Waals surface area contributed by atoms with E-state index in [0.29, 0.717) is 0 Å². The summed E-state index contributed by atoms with van der Waals surface area (Å²) in [6.45, 7) is 0. The summed E-state index contributed by atoms with van der Waals surface area (Å²) < 4.78 is 4.83. The third kappa shape index (κ3) is 0.657. The van der Waals surface area contributed by atoms with Crippen LogP contribution in [0.1, 0.15) is 12.8 Å². The zero-order chi connectivity index (χ0) is 5.33. The smallest absolute Gasteiger partial charge is 0.151 e. The van der Waals surface area contributed by atoms with Crippen molar-refractivity contribution in [3.8, 4) is 0 Å². The van der Waals surface area contributed by atoms with Gasteiger partial charge in [-0.2, -0.15) is 0 Å². The van der Waals surface area contributed by atoms with Gasteiger partial charge < -0.3 is 9.53 Å². The number of ether oxygens (including phenoxy) is 1. The average molecular weight is 100 g/mol. The summed E-state index contributed by atoms with van der Waals surface area (Å²) in [6, 6.07) is 0. The van der Waals surface area contributed by atoms with Gasteiger partial charge in [-0.1, -0.05) is 0 Å². The zero-order valence-electron chi connectivity index (χ0n) is 4.31. The molecule has 0 spiro atoms. The Morgan fingerprint density at radius 1 is 1.71 bits per heavy atom. The molecule has 1 aliphatic rings. The molecule has 0 heterocycles. The molecule has 2 nitrogen and oxygen atoms in total. The summed E-state index contributed by atoms with van der Waals surface area (Å²) in [5.41, 5.74) is -0.347. The van der Waals surface area contributed by atoms with E-state index in [1.54, 1.807) is 7.11 Å². The van der Waals surface area contributed by atoms with Gasteiger partial charge in [0.25, 0.3) is 0 Å². The highest BCUT2D eigenvalue weighted by atomic mass is 16.5. The molecule has 0 saturated heterocycles. The summed E-state index contributed by atoms with van der Waals surface area (Å²) in [6.07, 6.45) is 2.70. The first-order valence-corrected chi connectivity index (χ1v) is 2.34. The Balaban J connectivity index is 2.42. The predicted octanol–water partition coefficient (Wildman–Crippen LogP) is 0.364. The molecule has 0 aromatic carbocycles. The number of carbonyl (C=O) groups excluding carboxylic acids is 1. The maximum Gasteiger partial charge on any atom is 0.151 e. The average Bonchev–Trinajstić information content (AvgIpc) is 2.46. The minimum Gasteiger partial charge on any atom is -0.371 e. The molecule has 1 fully saturated rings. The van der Waals surface area contributed by atoms with Crippen molar-refractivity contribution in [3.63, 3.8) is 0 Å². The van der Waals surface area contributed by atoms with Crippen LogP contribution in [0.2, 0.25) is 0 Å². The van der Waals surface area contributed by atoms with Crippen LogP contribution in [0, 0.1) is 0 Å². The van der Waals surface area contributed by atoms with E-state index in [1.165, 1.54) is 0 Å². The lowest BCUT2D eigenvalue weighted by molar-refractivity contribution is -0.118. The Hall–Kier alpha value is -0.370. The second kappa shape index (κ2) is 1.30. The molecule has 0 aromatic rings. The van der Waals surface area contributed by atoms with Crippen LogP contribution in [-0.2, 0) is 9.53 Å². The first kappa shape index (κ1) is 4.78. The van der Waals surface area contributed by atoms with Crippen LogP contribution in [0.4, 0.5) is 0 Å². The monoisotopic (exact) mass is 100 g/mol. The summed E-state index contributed by atoms with van der Waals surface area (Å²) >= 11 is 0. The lowest BCUT2D eigenvalue weighted by Crippen LogP contribution is -2.11. The lowest BCUT2D eigenvalue weighted by Gasteiger charge is -1.98. The van der Waals surface area contributed by atoms with E-state index in [4.69, 9.17) is 4.74 Å². The Labute approximate surface area is 42.5 Å². The highest BCUT2D eigenvalue weighted by Gasteiger charge is 2.42. The fourth-order valence-electron chi connectivity index (χ4n) is 0.493. The first-order valence-electron chi connectivity index (χ1n) is 2.34. The fourth-order valence-corrected chi connectivity index (χ4v) is 0.493. The van der Waals surface area contributed by atoms with Crippen molar-refractivity contribution in [2.75, 3.05) is 7.11 Å². The topological polar surface area (TPSA) is 26.3 Å². The normalized spacial score (nSPS) is 24.1. The SMILES string of the molecule is COC1(C=O)CC1. The number of methoxy groups -OCH3 is 1. The molecule has 0 amide bonds. The van der Waals surface area contributed by atoms with Gasteiger partial charge in [0.05, 0.1) is 0 Å². The third-order valence-corrected chi connectivity index (χ3v) is 1.36. The van der Waals surface area contributed by atoms with Gasteiger partial charge in [0.2, 0.25) is 0 Å². The van der Waals surface area contributed by atoms with Gasteiger partial charge in [-0.05, 0) is 12.8 Å². The van der Waals surface area contributed by atoms with E-state index in [2.05, 4.69) is 0 Å². The van der Waals surface area contributed by atoms with Crippen molar-refractivity contribution in [1.82, 2.24) is 0 Å². The molecule has 1 rings (SSSR count). The molecule has 1 saturated carbocycles. The number of hydrogen-bond donors (Lipinski definition) is 0. The molecule has 0 atom stereocenters. The first-order chi connectivity index (χ1) is 3.33. The van der Waals surface area contributed by atoms with E-state index >= 15 is 0 Å². The van der Waals surface area contributed by atoms with Crippen molar-refractivity contribution >= 4 is 6.29 Å². The number of aldehydes is 1. The minimum atomic E-state index is -0.347. The molecule has 7 heavy (non-hydrogen) atoms. The Morgan fingerprint density at radius 3 is 2.29 bits per heavy atom. The second-order valence-electron chi connectivity index (χ2n) is 1.89. The fraction of sp³-hybridized carbons (Fsp3) is 0.800. The van der Waals surface area contributed by atoms with Gasteiger partial charge in [0, 0.05) is 7.11 Å². The number of carbonyl (C=O) groups is 1. The molecule has 40 valence electrons. The van der Waals surface area contributed by atoms with Gasteiger partial charge in [-0.3, -0.25) is 0 Å². The highest BCUT2D eigenvalue weighted by molar-refractivity contribution is 5.66. The number of rotatable bonds is 2. The summed E-state index contributed by atoms with van der Waals surface area (Å²) in [4.78, 5) is 10.00. The second-order valence-corrected chi connectivity index (χ2v) is 1.89. The van der Waals surface area contributed by atoms with Crippen LogP contribution in [-0.4, -0.2) is 19.0 Å². The van der Waals surface area contributed by atoms with Crippen LogP contribution < -0.4 is 0 Å². The Morgan fingerprint density at radius 2 is 2.29 bits per heavy atom. The van der Waals surface area contributed by atoms with Crippen molar-refractivity contribution in [1.29, 1.82) is 0 Å². The van der Waals surface area contributed by atoms with Gasteiger partial charge >= 0.3 is 0 Å². The van der Waals surface area contributed by atoms with E-state index in [1.807, 2.05) is 0 Å². The third-order valence-electron chi connectivity index (χ3n) is 1.36. The molecule has 1 aliphatic carbocycles. The van der Waals surface area contributed by atoms with Crippen LogP contribution >= 0.6 is 0 Å². The van der Waals surface area contributed by atoms with Crippen molar-refractivity contribution in [2.24, 2.45) is 0 Å². The molecule has 0 aromatic heterocycles.